The molecule has 2 nitrogen and oxygen atoms in total. The number of benzene rings is 8. The van der Waals surface area contributed by atoms with Gasteiger partial charge in [-0.1, -0.05) is 97.1 Å². The van der Waals surface area contributed by atoms with Crippen molar-refractivity contribution in [2.75, 3.05) is 13.2 Å². The van der Waals surface area contributed by atoms with Crippen molar-refractivity contribution in [3.8, 4) is 16.9 Å². The monoisotopic (exact) mass is 462 g/mol. The molecule has 2 heteroatoms. The van der Waals surface area contributed by atoms with E-state index in [2.05, 4.69) is 103 Å². The molecule has 1 N–H and O–H groups in total. The van der Waals surface area contributed by atoms with E-state index in [4.69, 9.17) is 4.74 Å². The van der Waals surface area contributed by atoms with Gasteiger partial charge < -0.3 is 9.84 Å². The molecule has 170 valence electrons. The second-order valence-corrected chi connectivity index (χ2v) is 9.65. The maximum atomic E-state index is 9.60. The Kier molecular flexibility index (Phi) is 4.03. The summed E-state index contributed by atoms with van der Waals surface area (Å²) in [4.78, 5) is 0. The Morgan fingerprint density at radius 2 is 1.00 bits per heavy atom. The zero-order valence-corrected chi connectivity index (χ0v) is 19.6. The molecule has 0 bridgehead atoms. The van der Waals surface area contributed by atoms with Crippen molar-refractivity contribution in [1.29, 1.82) is 0 Å². The highest BCUT2D eigenvalue weighted by atomic mass is 16.5. The lowest BCUT2D eigenvalue weighted by molar-refractivity contribution is 0.202. The minimum absolute atomic E-state index is 0.0248. The summed E-state index contributed by atoms with van der Waals surface area (Å²) in [5.41, 5.74) is 2.25. The average Bonchev–Trinajstić information content (AvgIpc) is 2.93. The van der Waals surface area contributed by atoms with Crippen LogP contribution in [-0.4, -0.2) is 18.3 Å². The van der Waals surface area contributed by atoms with Gasteiger partial charge in [0.25, 0.3) is 0 Å². The fourth-order valence-electron chi connectivity index (χ4n) is 6.28. The summed E-state index contributed by atoms with van der Waals surface area (Å²) in [6.07, 6.45) is 0. The summed E-state index contributed by atoms with van der Waals surface area (Å²) in [6.45, 7) is 0.231. The summed E-state index contributed by atoms with van der Waals surface area (Å²) in [5.74, 6) is 0.810. The van der Waals surface area contributed by atoms with Crippen LogP contribution in [0.4, 0.5) is 0 Å². The molecule has 0 saturated carbocycles. The quantitative estimate of drug-likeness (QED) is 0.266. The number of aliphatic hydroxyl groups is 1. The largest absolute Gasteiger partial charge is 0.491 e. The van der Waals surface area contributed by atoms with Crippen LogP contribution in [0.15, 0.2) is 103 Å². The van der Waals surface area contributed by atoms with Crippen LogP contribution in [0.3, 0.4) is 0 Å². The number of hydrogen-bond acceptors (Lipinski definition) is 2. The van der Waals surface area contributed by atoms with E-state index in [0.29, 0.717) is 0 Å². The fraction of sp³-hybridized carbons (Fsp3) is 0.0588. The van der Waals surface area contributed by atoms with Crippen LogP contribution in [-0.2, 0) is 0 Å². The maximum Gasteiger partial charge on any atom is 0.128 e. The Bertz CT molecular complexity index is 2050. The van der Waals surface area contributed by atoms with Crippen molar-refractivity contribution in [2.24, 2.45) is 0 Å². The zero-order chi connectivity index (χ0) is 23.8. The number of aliphatic hydroxyl groups excluding tert-OH is 1. The van der Waals surface area contributed by atoms with Crippen LogP contribution < -0.4 is 4.74 Å². The average molecular weight is 463 g/mol. The lowest BCUT2D eigenvalue weighted by atomic mass is 9.85. The molecule has 8 aromatic rings. The first-order valence-corrected chi connectivity index (χ1v) is 12.4. The van der Waals surface area contributed by atoms with Crippen molar-refractivity contribution in [2.45, 2.75) is 0 Å². The minimum atomic E-state index is -0.0248. The Balaban J connectivity index is 1.56. The molecule has 0 heterocycles. The van der Waals surface area contributed by atoms with Gasteiger partial charge in [0.05, 0.1) is 6.61 Å². The van der Waals surface area contributed by atoms with E-state index in [9.17, 15) is 5.11 Å². The smallest absolute Gasteiger partial charge is 0.128 e. The molecule has 0 aliphatic heterocycles. The van der Waals surface area contributed by atoms with Gasteiger partial charge >= 0.3 is 0 Å². The first-order valence-electron chi connectivity index (χ1n) is 12.4. The highest BCUT2D eigenvalue weighted by Gasteiger charge is 2.20. The van der Waals surface area contributed by atoms with Crippen molar-refractivity contribution in [3.05, 3.63) is 103 Å². The third-order valence-electron chi connectivity index (χ3n) is 7.76. The summed E-state index contributed by atoms with van der Waals surface area (Å²) < 4.78 is 6.23. The van der Waals surface area contributed by atoms with Gasteiger partial charge in [0.15, 0.2) is 0 Å². The van der Waals surface area contributed by atoms with Gasteiger partial charge in [0, 0.05) is 5.56 Å². The molecule has 36 heavy (non-hydrogen) atoms. The van der Waals surface area contributed by atoms with E-state index in [1.165, 1.54) is 59.2 Å². The van der Waals surface area contributed by atoms with Crippen LogP contribution in [0.2, 0.25) is 0 Å². The Labute approximate surface area is 207 Å². The van der Waals surface area contributed by atoms with Gasteiger partial charge in [0.1, 0.15) is 12.4 Å². The van der Waals surface area contributed by atoms with Crippen LogP contribution in [0.1, 0.15) is 0 Å². The summed E-state index contributed by atoms with van der Waals surface area (Å²) >= 11 is 0. The van der Waals surface area contributed by atoms with Crippen molar-refractivity contribution in [3.63, 3.8) is 0 Å². The Morgan fingerprint density at radius 3 is 1.64 bits per heavy atom. The third kappa shape index (κ3) is 2.59. The highest BCUT2D eigenvalue weighted by Crippen LogP contribution is 2.47. The lowest BCUT2D eigenvalue weighted by Gasteiger charge is -2.20. The molecule has 0 saturated heterocycles. The predicted molar refractivity (Wildman–Crippen MR) is 152 cm³/mol. The first-order chi connectivity index (χ1) is 17.8. The minimum Gasteiger partial charge on any atom is -0.491 e. The fourth-order valence-corrected chi connectivity index (χ4v) is 6.28. The van der Waals surface area contributed by atoms with Crippen molar-refractivity contribution in [1.82, 2.24) is 0 Å². The molecule has 8 aromatic carbocycles. The standard InChI is InChI=1S/C34H22O2/c35-17-18-36-29-19-25-10-9-21-4-2-6-23-13-16-28(33(25)31(21)23)34(29)27-15-12-24-8-7-20-3-1-5-22-11-14-26(27)32(24)30(20)22/h1-16,19,35H,17-18H2. The molecule has 0 radical (unpaired) electrons. The lowest BCUT2D eigenvalue weighted by Crippen LogP contribution is -2.03. The molecule has 0 aliphatic carbocycles. The van der Waals surface area contributed by atoms with Gasteiger partial charge in [-0.25, -0.2) is 0 Å². The van der Waals surface area contributed by atoms with Gasteiger partial charge in [-0.3, -0.25) is 0 Å². The van der Waals surface area contributed by atoms with Crippen molar-refractivity contribution < 1.29 is 9.84 Å². The molecular weight excluding hydrogens is 440 g/mol. The normalized spacial score (nSPS) is 12.2. The van der Waals surface area contributed by atoms with Crippen LogP contribution in [0.25, 0.3) is 75.8 Å². The van der Waals surface area contributed by atoms with Gasteiger partial charge in [-0.2, -0.15) is 0 Å². The molecule has 0 aliphatic rings. The second kappa shape index (κ2) is 7.30. The van der Waals surface area contributed by atoms with Gasteiger partial charge in [-0.05, 0) is 76.3 Å². The molecule has 0 atom stereocenters. The molecule has 0 amide bonds. The van der Waals surface area contributed by atoms with E-state index >= 15 is 0 Å². The number of hydrogen-bond donors (Lipinski definition) is 1. The third-order valence-corrected chi connectivity index (χ3v) is 7.76. The summed E-state index contributed by atoms with van der Waals surface area (Å²) in [5, 5.41) is 24.6. The topological polar surface area (TPSA) is 29.5 Å². The summed E-state index contributed by atoms with van der Waals surface area (Å²) in [6, 6.07) is 37.4. The predicted octanol–water partition coefficient (Wildman–Crippen LogP) is 8.52. The van der Waals surface area contributed by atoms with E-state index in [-0.39, 0.29) is 13.2 Å². The van der Waals surface area contributed by atoms with Gasteiger partial charge in [-0.15, -0.1) is 0 Å². The molecule has 0 fully saturated rings. The molecule has 0 spiro atoms. The Morgan fingerprint density at radius 1 is 0.500 bits per heavy atom. The number of ether oxygens (including phenoxy) is 1. The van der Waals surface area contributed by atoms with Crippen LogP contribution in [0.5, 0.6) is 5.75 Å². The zero-order valence-electron chi connectivity index (χ0n) is 19.6. The van der Waals surface area contributed by atoms with E-state index in [0.717, 1.165) is 22.3 Å². The second-order valence-electron chi connectivity index (χ2n) is 9.65. The molecule has 0 unspecified atom stereocenters. The maximum absolute atomic E-state index is 9.60. The van der Waals surface area contributed by atoms with Crippen molar-refractivity contribution >= 4 is 64.6 Å². The first kappa shape index (κ1) is 19.9. The SMILES string of the molecule is OCCOc1cc2ccc3cccc4ccc(c1-c1ccc5ccc6cccc7ccc1c5c67)c2c34. The Hall–Kier alpha value is -4.40. The van der Waals surface area contributed by atoms with Crippen LogP contribution in [0, 0.1) is 0 Å². The highest BCUT2D eigenvalue weighted by molar-refractivity contribution is 6.30. The van der Waals surface area contributed by atoms with E-state index in [1.54, 1.807) is 0 Å². The molecule has 0 aromatic heterocycles. The van der Waals surface area contributed by atoms with Gasteiger partial charge in [0.2, 0.25) is 0 Å². The summed E-state index contributed by atoms with van der Waals surface area (Å²) in [7, 11) is 0. The van der Waals surface area contributed by atoms with E-state index in [1.807, 2.05) is 0 Å². The molecular formula is C34H22O2. The number of rotatable bonds is 4. The molecule has 8 rings (SSSR count). The van der Waals surface area contributed by atoms with E-state index < -0.39 is 0 Å². The van der Waals surface area contributed by atoms with Crippen LogP contribution >= 0.6 is 0 Å².